The van der Waals surface area contributed by atoms with Gasteiger partial charge in [0.25, 0.3) is 0 Å². The summed E-state index contributed by atoms with van der Waals surface area (Å²) >= 11 is 0. The molecular formula is C11H18O6. The SMILES string of the molecule is C=C(C)C(=O)OCC(=O)OCCOCCOC. The zero-order valence-corrected chi connectivity index (χ0v) is 10.2. The first-order valence-corrected chi connectivity index (χ1v) is 5.13. The highest BCUT2D eigenvalue weighted by molar-refractivity contribution is 5.88. The van der Waals surface area contributed by atoms with Crippen molar-refractivity contribution in [2.45, 2.75) is 6.92 Å². The second-order valence-corrected chi connectivity index (χ2v) is 3.18. The molecule has 0 heterocycles. The minimum Gasteiger partial charge on any atom is -0.461 e. The van der Waals surface area contributed by atoms with Crippen LogP contribution in [0, 0.1) is 0 Å². The first kappa shape index (κ1) is 15.6. The van der Waals surface area contributed by atoms with Crippen molar-refractivity contribution in [2.75, 3.05) is 40.1 Å². The summed E-state index contributed by atoms with van der Waals surface area (Å²) in [5.74, 6) is -1.23. The Balaban J connectivity index is 3.41. The summed E-state index contributed by atoms with van der Waals surface area (Å²) in [5, 5.41) is 0. The summed E-state index contributed by atoms with van der Waals surface area (Å²) in [7, 11) is 1.57. The second-order valence-electron chi connectivity index (χ2n) is 3.18. The Bertz CT molecular complexity index is 261. The molecule has 0 aromatic carbocycles. The summed E-state index contributed by atoms with van der Waals surface area (Å²) in [6, 6.07) is 0. The molecule has 0 fully saturated rings. The number of rotatable bonds is 9. The van der Waals surface area contributed by atoms with Crippen molar-refractivity contribution in [3.63, 3.8) is 0 Å². The molecule has 98 valence electrons. The van der Waals surface area contributed by atoms with E-state index in [4.69, 9.17) is 14.2 Å². The van der Waals surface area contributed by atoms with E-state index in [1.807, 2.05) is 0 Å². The van der Waals surface area contributed by atoms with Gasteiger partial charge in [0.2, 0.25) is 0 Å². The topological polar surface area (TPSA) is 71.1 Å². The minimum absolute atomic E-state index is 0.118. The normalized spacial score (nSPS) is 9.76. The van der Waals surface area contributed by atoms with Gasteiger partial charge in [0.05, 0.1) is 19.8 Å². The van der Waals surface area contributed by atoms with E-state index in [2.05, 4.69) is 11.3 Å². The van der Waals surface area contributed by atoms with Gasteiger partial charge in [0.1, 0.15) is 6.61 Å². The molecule has 0 aliphatic carbocycles. The molecule has 0 aliphatic rings. The lowest BCUT2D eigenvalue weighted by atomic mass is 10.4. The van der Waals surface area contributed by atoms with Gasteiger partial charge in [0.15, 0.2) is 6.61 Å². The van der Waals surface area contributed by atoms with Gasteiger partial charge >= 0.3 is 11.9 Å². The number of carbonyl (C=O) groups is 2. The van der Waals surface area contributed by atoms with Gasteiger partial charge in [0, 0.05) is 12.7 Å². The van der Waals surface area contributed by atoms with Crippen LogP contribution in [0.3, 0.4) is 0 Å². The molecule has 0 radical (unpaired) electrons. The van der Waals surface area contributed by atoms with E-state index in [0.29, 0.717) is 13.2 Å². The Kier molecular flexibility index (Phi) is 8.99. The Morgan fingerprint density at radius 1 is 1.06 bits per heavy atom. The molecule has 0 saturated carbocycles. The number of methoxy groups -OCH3 is 1. The molecule has 0 saturated heterocycles. The third-order valence-corrected chi connectivity index (χ3v) is 1.59. The number of hydrogen-bond acceptors (Lipinski definition) is 6. The number of esters is 2. The smallest absolute Gasteiger partial charge is 0.344 e. The fourth-order valence-electron chi connectivity index (χ4n) is 0.748. The largest absolute Gasteiger partial charge is 0.461 e. The standard InChI is InChI=1S/C11H18O6/c1-9(2)11(13)17-8-10(12)16-7-6-15-5-4-14-3/h1,4-8H2,2-3H3. The first-order chi connectivity index (χ1) is 8.07. The zero-order valence-electron chi connectivity index (χ0n) is 10.2. The molecule has 0 atom stereocenters. The molecule has 0 rings (SSSR count). The summed E-state index contributed by atoms with van der Waals surface area (Å²) < 4.78 is 19.2. The van der Waals surface area contributed by atoms with Crippen LogP contribution in [0.1, 0.15) is 6.92 Å². The van der Waals surface area contributed by atoms with Crippen molar-refractivity contribution in [3.8, 4) is 0 Å². The molecule has 6 heteroatoms. The van der Waals surface area contributed by atoms with Crippen molar-refractivity contribution in [3.05, 3.63) is 12.2 Å². The average Bonchev–Trinajstić information content (AvgIpc) is 2.30. The van der Waals surface area contributed by atoms with Gasteiger partial charge in [-0.3, -0.25) is 0 Å². The van der Waals surface area contributed by atoms with Crippen LogP contribution >= 0.6 is 0 Å². The van der Waals surface area contributed by atoms with E-state index >= 15 is 0 Å². The lowest BCUT2D eigenvalue weighted by molar-refractivity contribution is -0.157. The summed E-state index contributed by atoms with van der Waals surface area (Å²) in [6.07, 6.45) is 0. The fraction of sp³-hybridized carbons (Fsp3) is 0.636. The maximum atomic E-state index is 11.0. The predicted octanol–water partition coefficient (Wildman–Crippen LogP) is 0.312. The molecule has 0 aromatic heterocycles. The molecule has 0 aliphatic heterocycles. The zero-order chi connectivity index (χ0) is 13.1. The van der Waals surface area contributed by atoms with Gasteiger partial charge in [-0.1, -0.05) is 6.58 Å². The van der Waals surface area contributed by atoms with Gasteiger partial charge in [-0.15, -0.1) is 0 Å². The van der Waals surface area contributed by atoms with E-state index in [1.54, 1.807) is 7.11 Å². The van der Waals surface area contributed by atoms with Crippen molar-refractivity contribution >= 4 is 11.9 Å². The van der Waals surface area contributed by atoms with Crippen LogP contribution in [0.4, 0.5) is 0 Å². The Morgan fingerprint density at radius 3 is 2.29 bits per heavy atom. The molecule has 17 heavy (non-hydrogen) atoms. The van der Waals surface area contributed by atoms with E-state index in [9.17, 15) is 9.59 Å². The number of ether oxygens (including phenoxy) is 4. The fourth-order valence-corrected chi connectivity index (χ4v) is 0.748. The van der Waals surface area contributed by atoms with Crippen LogP contribution in [0.25, 0.3) is 0 Å². The maximum absolute atomic E-state index is 11.0. The van der Waals surface area contributed by atoms with Crippen molar-refractivity contribution in [1.82, 2.24) is 0 Å². The van der Waals surface area contributed by atoms with E-state index in [0.717, 1.165) is 0 Å². The number of hydrogen-bond donors (Lipinski definition) is 0. The molecule has 0 amide bonds. The lowest BCUT2D eigenvalue weighted by Gasteiger charge is -2.06. The molecule has 0 unspecified atom stereocenters. The van der Waals surface area contributed by atoms with Crippen LogP contribution in [0.2, 0.25) is 0 Å². The molecular weight excluding hydrogens is 228 g/mol. The van der Waals surface area contributed by atoms with Crippen molar-refractivity contribution in [1.29, 1.82) is 0 Å². The first-order valence-electron chi connectivity index (χ1n) is 5.13. The van der Waals surface area contributed by atoms with Crippen LogP contribution in [0.15, 0.2) is 12.2 Å². The number of carbonyl (C=O) groups excluding carboxylic acids is 2. The predicted molar refractivity (Wildman–Crippen MR) is 59.4 cm³/mol. The van der Waals surface area contributed by atoms with Crippen LogP contribution in [0.5, 0.6) is 0 Å². The van der Waals surface area contributed by atoms with Gasteiger partial charge < -0.3 is 18.9 Å². The summed E-state index contributed by atoms with van der Waals surface area (Å²) in [6.45, 7) is 5.80. The summed E-state index contributed by atoms with van der Waals surface area (Å²) in [5.41, 5.74) is 0.237. The van der Waals surface area contributed by atoms with Gasteiger partial charge in [-0.2, -0.15) is 0 Å². The summed E-state index contributed by atoms with van der Waals surface area (Å²) in [4.78, 5) is 22.0. The molecule has 0 spiro atoms. The van der Waals surface area contributed by atoms with E-state index in [-0.39, 0.29) is 18.8 Å². The van der Waals surface area contributed by atoms with Crippen LogP contribution < -0.4 is 0 Å². The second kappa shape index (κ2) is 9.80. The molecule has 0 bridgehead atoms. The molecule has 6 nitrogen and oxygen atoms in total. The highest BCUT2D eigenvalue weighted by Gasteiger charge is 2.08. The van der Waals surface area contributed by atoms with Gasteiger partial charge in [-0.25, -0.2) is 9.59 Å². The highest BCUT2D eigenvalue weighted by atomic mass is 16.6. The highest BCUT2D eigenvalue weighted by Crippen LogP contribution is 1.92. The van der Waals surface area contributed by atoms with Crippen molar-refractivity contribution < 1.29 is 28.5 Å². The Labute approximate surface area is 100 Å². The minimum atomic E-state index is -0.616. The van der Waals surface area contributed by atoms with Crippen molar-refractivity contribution in [2.24, 2.45) is 0 Å². The average molecular weight is 246 g/mol. The van der Waals surface area contributed by atoms with Gasteiger partial charge in [-0.05, 0) is 6.92 Å². The third-order valence-electron chi connectivity index (χ3n) is 1.59. The van der Waals surface area contributed by atoms with E-state index in [1.165, 1.54) is 6.92 Å². The monoisotopic (exact) mass is 246 g/mol. The van der Waals surface area contributed by atoms with Crippen LogP contribution in [-0.4, -0.2) is 52.1 Å². The lowest BCUT2D eigenvalue weighted by Crippen LogP contribution is -2.19. The maximum Gasteiger partial charge on any atom is 0.344 e. The molecule has 0 N–H and O–H groups in total. The quantitative estimate of drug-likeness (QED) is 0.331. The molecule has 0 aromatic rings. The Hall–Kier alpha value is -1.40. The Morgan fingerprint density at radius 2 is 1.71 bits per heavy atom. The third kappa shape index (κ3) is 9.52. The van der Waals surface area contributed by atoms with Crippen LogP contribution in [-0.2, 0) is 28.5 Å². The van der Waals surface area contributed by atoms with E-state index < -0.39 is 18.5 Å².